The molecule has 32 heavy (non-hydrogen) atoms. The van der Waals surface area contributed by atoms with Crippen LogP contribution in [0.2, 0.25) is 0 Å². The van der Waals surface area contributed by atoms with Gasteiger partial charge in [0.2, 0.25) is 0 Å². The van der Waals surface area contributed by atoms with E-state index in [1.807, 2.05) is 12.3 Å². The van der Waals surface area contributed by atoms with Crippen LogP contribution in [0.5, 0.6) is 5.75 Å². The number of halogens is 2. The van der Waals surface area contributed by atoms with E-state index in [4.69, 9.17) is 9.47 Å². The van der Waals surface area contributed by atoms with Crippen LogP contribution in [-0.4, -0.2) is 29.2 Å². The Labute approximate surface area is 192 Å². The highest BCUT2D eigenvalue weighted by Crippen LogP contribution is 2.26. The van der Waals surface area contributed by atoms with Crippen molar-refractivity contribution in [1.29, 1.82) is 0 Å². The van der Waals surface area contributed by atoms with Crippen molar-refractivity contribution in [2.45, 2.75) is 30.6 Å². The van der Waals surface area contributed by atoms with Crippen molar-refractivity contribution >= 4 is 40.7 Å². The van der Waals surface area contributed by atoms with Crippen LogP contribution in [0.3, 0.4) is 0 Å². The van der Waals surface area contributed by atoms with Crippen molar-refractivity contribution in [3.63, 3.8) is 0 Å². The molecule has 0 aliphatic carbocycles. The molecule has 168 valence electrons. The Morgan fingerprint density at radius 1 is 1.16 bits per heavy atom. The molecule has 3 rings (SSSR count). The van der Waals surface area contributed by atoms with Crippen LogP contribution >= 0.6 is 23.1 Å². The van der Waals surface area contributed by atoms with Gasteiger partial charge in [0.05, 0.1) is 10.7 Å². The highest BCUT2D eigenvalue weighted by atomic mass is 32.2. The van der Waals surface area contributed by atoms with Crippen molar-refractivity contribution in [2.24, 2.45) is 0 Å². The molecule has 1 N–H and O–H groups in total. The second-order valence-electron chi connectivity index (χ2n) is 6.40. The molecule has 0 bridgehead atoms. The Kier molecular flexibility index (Phi) is 8.57. The minimum absolute atomic E-state index is 0.0456. The van der Waals surface area contributed by atoms with Gasteiger partial charge < -0.3 is 14.8 Å². The maximum absolute atomic E-state index is 12.5. The third kappa shape index (κ3) is 7.03. The smallest absolute Gasteiger partial charge is 0.342 e. The number of hydrogen-bond donors (Lipinski definition) is 1. The average molecular weight is 479 g/mol. The highest BCUT2D eigenvalue weighted by molar-refractivity contribution is 7.99. The Balaban J connectivity index is 1.53. The summed E-state index contributed by atoms with van der Waals surface area (Å²) in [4.78, 5) is 29.4. The van der Waals surface area contributed by atoms with E-state index in [0.717, 1.165) is 11.4 Å². The number of ether oxygens (including phenoxy) is 2. The molecule has 6 nitrogen and oxygen atoms in total. The topological polar surface area (TPSA) is 77.5 Å². The normalized spacial score (nSPS) is 10.8. The molecule has 2 aromatic carbocycles. The average Bonchev–Trinajstić information content (AvgIpc) is 3.25. The lowest BCUT2D eigenvalue weighted by Crippen LogP contribution is -2.21. The summed E-state index contributed by atoms with van der Waals surface area (Å²) in [5.74, 6) is -3.34. The van der Waals surface area contributed by atoms with Crippen LogP contribution in [0.4, 0.5) is 14.5 Å². The molecule has 1 amide bonds. The largest absolute Gasteiger partial charge is 0.483 e. The van der Waals surface area contributed by atoms with E-state index in [1.54, 1.807) is 24.3 Å². The number of nitrogens with one attached hydrogen (secondary N) is 1. The van der Waals surface area contributed by atoms with Gasteiger partial charge in [-0.05, 0) is 42.8 Å². The number of rotatable bonds is 10. The van der Waals surface area contributed by atoms with Gasteiger partial charge in [-0.1, -0.05) is 30.8 Å². The maximum Gasteiger partial charge on any atom is 0.342 e. The maximum atomic E-state index is 12.5. The van der Waals surface area contributed by atoms with Gasteiger partial charge in [-0.2, -0.15) is 8.78 Å². The molecule has 1 heterocycles. The second-order valence-corrected chi connectivity index (χ2v) is 8.40. The first-order valence-corrected chi connectivity index (χ1v) is 11.4. The summed E-state index contributed by atoms with van der Waals surface area (Å²) < 4.78 is 35.6. The summed E-state index contributed by atoms with van der Waals surface area (Å²) in [6, 6.07) is 12.5. The van der Waals surface area contributed by atoms with E-state index in [1.165, 1.54) is 35.6 Å². The number of alkyl halides is 2. The Morgan fingerprint density at radius 2 is 1.91 bits per heavy atom. The minimum atomic E-state index is -2.51. The van der Waals surface area contributed by atoms with Crippen molar-refractivity contribution < 1.29 is 27.8 Å². The molecule has 0 spiro atoms. The molecule has 0 saturated carbocycles. The van der Waals surface area contributed by atoms with E-state index >= 15 is 0 Å². The quantitative estimate of drug-likeness (QED) is 0.311. The molecule has 1 aromatic heterocycles. The summed E-state index contributed by atoms with van der Waals surface area (Å²) >= 11 is 1.93. The van der Waals surface area contributed by atoms with E-state index < -0.39 is 17.6 Å². The molecule has 0 aliphatic heterocycles. The number of carbonyl (C=O) groups is 2. The van der Waals surface area contributed by atoms with Crippen molar-refractivity contribution in [3.05, 3.63) is 70.2 Å². The predicted octanol–water partition coefficient (Wildman–Crippen LogP) is 5.39. The molecule has 10 heteroatoms. The first kappa shape index (κ1) is 23.7. The molecule has 0 radical (unpaired) electrons. The lowest BCUT2D eigenvalue weighted by molar-refractivity contribution is -0.118. The second kappa shape index (κ2) is 11.6. The van der Waals surface area contributed by atoms with Crippen LogP contribution in [-0.2, 0) is 22.6 Å². The highest BCUT2D eigenvalue weighted by Gasteiger charge is 2.16. The number of anilines is 1. The van der Waals surface area contributed by atoms with E-state index in [-0.39, 0.29) is 24.5 Å². The Bertz CT molecular complexity index is 1060. The van der Waals surface area contributed by atoms with Gasteiger partial charge in [-0.3, -0.25) is 4.79 Å². The fourth-order valence-corrected chi connectivity index (χ4v) is 3.84. The van der Waals surface area contributed by atoms with Crippen molar-refractivity contribution in [2.75, 3.05) is 11.9 Å². The van der Waals surface area contributed by atoms with Crippen LogP contribution in [0, 0.1) is 0 Å². The van der Waals surface area contributed by atoms with E-state index in [0.29, 0.717) is 28.0 Å². The monoisotopic (exact) mass is 478 g/mol. The lowest BCUT2D eigenvalue weighted by atomic mass is 10.2. The number of benzene rings is 2. The molecule has 3 aromatic rings. The first-order valence-electron chi connectivity index (χ1n) is 9.61. The predicted molar refractivity (Wildman–Crippen MR) is 119 cm³/mol. The first-order chi connectivity index (χ1) is 15.4. The van der Waals surface area contributed by atoms with Gasteiger partial charge in [-0.15, -0.1) is 11.3 Å². The Morgan fingerprint density at radius 3 is 2.59 bits per heavy atom. The van der Waals surface area contributed by atoms with Crippen LogP contribution in [0.1, 0.15) is 28.0 Å². The van der Waals surface area contributed by atoms with E-state index in [2.05, 4.69) is 10.3 Å². The zero-order chi connectivity index (χ0) is 22.9. The fraction of sp³-hybridized carbons (Fsp3) is 0.227. The van der Waals surface area contributed by atoms with Crippen LogP contribution in [0.25, 0.3) is 0 Å². The lowest BCUT2D eigenvalue weighted by Gasteiger charge is -2.11. The van der Waals surface area contributed by atoms with Crippen LogP contribution in [0.15, 0.2) is 58.8 Å². The summed E-state index contributed by atoms with van der Waals surface area (Å²) in [6.45, 7) is 1.70. The number of thiazole rings is 1. The number of para-hydroxylation sites is 1. The number of esters is 1. The summed E-state index contributed by atoms with van der Waals surface area (Å²) in [5.41, 5.74) is 1.31. The molecular formula is C22H20F2N2O4S2. The van der Waals surface area contributed by atoms with Gasteiger partial charge in [0.25, 0.3) is 11.7 Å². The number of aryl methyl sites for hydroxylation is 1. The molecule has 0 saturated heterocycles. The molecule has 0 aliphatic rings. The number of amides is 1. The van der Waals surface area contributed by atoms with Crippen LogP contribution < -0.4 is 10.1 Å². The van der Waals surface area contributed by atoms with Gasteiger partial charge in [-0.25, -0.2) is 9.78 Å². The standard InChI is InChI=1S/C22H20F2N2O4S2/c1-2-20-26-15(13-31-20)11-30-21(28)17-5-3-4-6-18(17)29-12-19(27)25-14-7-9-16(10-8-14)32-22(23)24/h3-10,13,22H,2,11-12H2,1H3,(H,25,27). The Hall–Kier alpha value is -2.98. The van der Waals surface area contributed by atoms with E-state index in [9.17, 15) is 18.4 Å². The fourth-order valence-electron chi connectivity index (χ4n) is 2.62. The number of aromatic nitrogens is 1. The summed E-state index contributed by atoms with van der Waals surface area (Å²) in [5, 5.41) is 5.42. The van der Waals surface area contributed by atoms with Gasteiger partial charge >= 0.3 is 5.97 Å². The number of carbonyl (C=O) groups excluding carboxylic acids is 2. The van der Waals surface area contributed by atoms with Crippen molar-refractivity contribution in [3.8, 4) is 5.75 Å². The molecule has 0 fully saturated rings. The summed E-state index contributed by atoms with van der Waals surface area (Å²) in [6.07, 6.45) is 0.816. The van der Waals surface area contributed by atoms with Gasteiger partial charge in [0, 0.05) is 16.0 Å². The minimum Gasteiger partial charge on any atom is -0.483 e. The van der Waals surface area contributed by atoms with Crippen molar-refractivity contribution in [1.82, 2.24) is 4.98 Å². The van der Waals surface area contributed by atoms with Gasteiger partial charge in [0.15, 0.2) is 6.61 Å². The number of thioether (sulfide) groups is 1. The molecule has 0 atom stereocenters. The summed E-state index contributed by atoms with van der Waals surface area (Å²) in [7, 11) is 0. The van der Waals surface area contributed by atoms with Gasteiger partial charge in [0.1, 0.15) is 17.9 Å². The molecule has 0 unspecified atom stereocenters. The zero-order valence-corrected chi connectivity index (χ0v) is 18.7. The SMILES string of the molecule is CCc1nc(COC(=O)c2ccccc2OCC(=O)Nc2ccc(SC(F)F)cc2)cs1. The third-order valence-corrected chi connectivity index (χ3v) is 5.85. The number of nitrogens with zero attached hydrogens (tertiary/aromatic N) is 1. The zero-order valence-electron chi connectivity index (χ0n) is 17.0. The number of hydrogen-bond acceptors (Lipinski definition) is 7. The third-order valence-electron chi connectivity index (χ3n) is 4.08. The molecular weight excluding hydrogens is 458 g/mol.